The van der Waals surface area contributed by atoms with Crippen LogP contribution in [-0.2, 0) is 22.6 Å². The first-order valence-corrected chi connectivity index (χ1v) is 9.26. The standard InChI is InChI=1S/C19H22N4O4/c20-18(25)12-5-8-22(9-6-12)17(24)11-27-13-3-4-15-14(10-13)19(26)23-7-1-2-16(23)21-15/h3-4,10,12H,1-2,5-9,11H2,(H2,20,25). The third-order valence-electron chi connectivity index (χ3n) is 5.40. The maximum absolute atomic E-state index is 12.6. The van der Waals surface area contributed by atoms with Crippen molar-refractivity contribution in [3.8, 4) is 5.75 Å². The van der Waals surface area contributed by atoms with Crippen molar-refractivity contribution in [2.24, 2.45) is 11.7 Å². The van der Waals surface area contributed by atoms with Gasteiger partial charge < -0.3 is 15.4 Å². The highest BCUT2D eigenvalue weighted by molar-refractivity contribution is 5.81. The van der Waals surface area contributed by atoms with Gasteiger partial charge >= 0.3 is 0 Å². The summed E-state index contributed by atoms with van der Waals surface area (Å²) in [6, 6.07) is 5.14. The van der Waals surface area contributed by atoms with Crippen molar-refractivity contribution < 1.29 is 14.3 Å². The van der Waals surface area contributed by atoms with Crippen LogP contribution in [0.2, 0.25) is 0 Å². The molecule has 1 fully saturated rings. The number of hydrogen-bond acceptors (Lipinski definition) is 5. The van der Waals surface area contributed by atoms with Gasteiger partial charge in [0.05, 0.1) is 10.9 Å². The number of likely N-dealkylation sites (tertiary alicyclic amines) is 1. The normalized spacial score (nSPS) is 17.1. The zero-order chi connectivity index (χ0) is 19.0. The van der Waals surface area contributed by atoms with Crippen LogP contribution in [0, 0.1) is 5.92 Å². The Balaban J connectivity index is 1.43. The summed E-state index contributed by atoms with van der Waals surface area (Å²) in [5.74, 6) is 0.705. The molecule has 1 saturated heterocycles. The number of aromatic nitrogens is 2. The molecule has 0 spiro atoms. The lowest BCUT2D eigenvalue weighted by atomic mass is 9.96. The Hall–Kier alpha value is -2.90. The van der Waals surface area contributed by atoms with Crippen molar-refractivity contribution in [2.45, 2.75) is 32.2 Å². The fraction of sp³-hybridized carbons (Fsp3) is 0.474. The van der Waals surface area contributed by atoms with Crippen LogP contribution < -0.4 is 16.0 Å². The minimum absolute atomic E-state index is 0.0576. The molecule has 0 saturated carbocycles. The molecule has 27 heavy (non-hydrogen) atoms. The van der Waals surface area contributed by atoms with E-state index < -0.39 is 0 Å². The Morgan fingerprint density at radius 3 is 2.74 bits per heavy atom. The number of fused-ring (bicyclic) bond motifs is 2. The minimum atomic E-state index is -0.305. The minimum Gasteiger partial charge on any atom is -0.484 e. The number of nitrogens with zero attached hydrogens (tertiary/aromatic N) is 3. The van der Waals surface area contributed by atoms with Crippen LogP contribution in [0.1, 0.15) is 25.1 Å². The molecule has 0 aliphatic carbocycles. The molecule has 1 aromatic heterocycles. The van der Waals surface area contributed by atoms with Gasteiger partial charge in [-0.1, -0.05) is 0 Å². The molecule has 0 radical (unpaired) electrons. The van der Waals surface area contributed by atoms with E-state index in [0.717, 1.165) is 18.7 Å². The predicted octanol–water partition coefficient (Wildman–Crippen LogP) is 0.445. The second-order valence-electron chi connectivity index (χ2n) is 7.11. The molecule has 3 heterocycles. The van der Waals surface area contributed by atoms with Crippen molar-refractivity contribution in [1.29, 1.82) is 0 Å². The summed E-state index contributed by atoms with van der Waals surface area (Å²) in [6.07, 6.45) is 2.93. The van der Waals surface area contributed by atoms with Gasteiger partial charge in [0.2, 0.25) is 5.91 Å². The highest BCUT2D eigenvalue weighted by Gasteiger charge is 2.26. The SMILES string of the molecule is NC(=O)C1CCN(C(=O)COc2ccc3nc4n(c(=O)c3c2)CCC4)CC1. The molecule has 8 heteroatoms. The van der Waals surface area contributed by atoms with Crippen molar-refractivity contribution >= 4 is 22.7 Å². The first-order valence-electron chi connectivity index (χ1n) is 9.26. The van der Waals surface area contributed by atoms with Crippen molar-refractivity contribution in [1.82, 2.24) is 14.5 Å². The summed E-state index contributed by atoms with van der Waals surface area (Å²) >= 11 is 0. The van der Waals surface area contributed by atoms with Crippen molar-refractivity contribution in [2.75, 3.05) is 19.7 Å². The molecule has 0 atom stereocenters. The zero-order valence-electron chi connectivity index (χ0n) is 15.0. The molecule has 2 N–H and O–H groups in total. The molecule has 2 amide bonds. The molecule has 2 aromatic rings. The summed E-state index contributed by atoms with van der Waals surface area (Å²) < 4.78 is 7.33. The number of benzene rings is 1. The number of aryl methyl sites for hydroxylation is 1. The molecule has 2 aliphatic heterocycles. The first-order chi connectivity index (χ1) is 13.0. The van der Waals surface area contributed by atoms with E-state index in [1.807, 2.05) is 0 Å². The Kier molecular flexibility index (Phi) is 4.55. The smallest absolute Gasteiger partial charge is 0.261 e. The number of ether oxygens (including phenoxy) is 1. The van der Waals surface area contributed by atoms with Crippen LogP contribution in [0.25, 0.3) is 10.9 Å². The van der Waals surface area contributed by atoms with Crippen LogP contribution in [-0.4, -0.2) is 46.0 Å². The molecule has 0 bridgehead atoms. The Bertz CT molecular complexity index is 960. The Labute approximate surface area is 155 Å². The number of carbonyl (C=O) groups excluding carboxylic acids is 2. The summed E-state index contributed by atoms with van der Waals surface area (Å²) in [4.78, 5) is 42.4. The van der Waals surface area contributed by atoms with Gasteiger partial charge in [-0.3, -0.25) is 19.0 Å². The molecule has 142 valence electrons. The van der Waals surface area contributed by atoms with E-state index in [2.05, 4.69) is 4.98 Å². The topological polar surface area (TPSA) is 108 Å². The molecule has 8 nitrogen and oxygen atoms in total. The molecule has 2 aliphatic rings. The van der Waals surface area contributed by atoms with Gasteiger partial charge in [0.15, 0.2) is 6.61 Å². The maximum Gasteiger partial charge on any atom is 0.261 e. The molecule has 1 aromatic carbocycles. The van der Waals surface area contributed by atoms with Gasteiger partial charge in [-0.25, -0.2) is 4.98 Å². The molecule has 0 unspecified atom stereocenters. The monoisotopic (exact) mass is 370 g/mol. The highest BCUT2D eigenvalue weighted by atomic mass is 16.5. The van der Waals surface area contributed by atoms with E-state index >= 15 is 0 Å². The molecular formula is C19H22N4O4. The quantitative estimate of drug-likeness (QED) is 0.841. The number of amides is 2. The van der Waals surface area contributed by atoms with E-state index in [9.17, 15) is 14.4 Å². The van der Waals surface area contributed by atoms with E-state index in [-0.39, 0.29) is 29.9 Å². The predicted molar refractivity (Wildman–Crippen MR) is 98.3 cm³/mol. The maximum atomic E-state index is 12.6. The number of nitrogens with two attached hydrogens (primary N) is 1. The number of carbonyl (C=O) groups is 2. The second-order valence-corrected chi connectivity index (χ2v) is 7.11. The average Bonchev–Trinajstić information content (AvgIpc) is 3.15. The summed E-state index contributed by atoms with van der Waals surface area (Å²) in [7, 11) is 0. The summed E-state index contributed by atoms with van der Waals surface area (Å²) in [5.41, 5.74) is 5.91. The number of primary amides is 1. The second kappa shape index (κ2) is 7.02. The largest absolute Gasteiger partial charge is 0.484 e. The summed E-state index contributed by atoms with van der Waals surface area (Å²) in [5, 5.41) is 0.507. The van der Waals surface area contributed by atoms with Crippen molar-refractivity contribution in [3.05, 3.63) is 34.4 Å². The lowest BCUT2D eigenvalue weighted by molar-refractivity contribution is -0.136. The first kappa shape index (κ1) is 17.5. The highest BCUT2D eigenvalue weighted by Crippen LogP contribution is 2.21. The lowest BCUT2D eigenvalue weighted by Crippen LogP contribution is -2.43. The number of hydrogen-bond donors (Lipinski definition) is 1. The fourth-order valence-electron chi connectivity index (χ4n) is 3.80. The summed E-state index contributed by atoms with van der Waals surface area (Å²) in [6.45, 7) is 1.60. The third kappa shape index (κ3) is 3.39. The lowest BCUT2D eigenvalue weighted by Gasteiger charge is -2.30. The van der Waals surface area contributed by atoms with E-state index in [1.54, 1.807) is 27.7 Å². The van der Waals surface area contributed by atoms with Crippen molar-refractivity contribution in [3.63, 3.8) is 0 Å². The van der Waals surface area contributed by atoms with Crippen LogP contribution in [0.5, 0.6) is 5.75 Å². The van der Waals surface area contributed by atoms with Gasteiger partial charge in [0, 0.05) is 32.0 Å². The average molecular weight is 370 g/mol. The van der Waals surface area contributed by atoms with Gasteiger partial charge in [-0.2, -0.15) is 0 Å². The molecule has 4 rings (SSSR count). The van der Waals surface area contributed by atoms with Crippen LogP contribution >= 0.6 is 0 Å². The number of piperidine rings is 1. The van der Waals surface area contributed by atoms with Crippen LogP contribution in [0.15, 0.2) is 23.0 Å². The van der Waals surface area contributed by atoms with Crippen LogP contribution in [0.4, 0.5) is 0 Å². The van der Waals surface area contributed by atoms with Gasteiger partial charge in [-0.05, 0) is 37.5 Å². The van der Waals surface area contributed by atoms with E-state index in [1.165, 1.54) is 0 Å². The zero-order valence-corrected chi connectivity index (χ0v) is 15.0. The van der Waals surface area contributed by atoms with E-state index in [4.69, 9.17) is 10.5 Å². The fourth-order valence-corrected chi connectivity index (χ4v) is 3.80. The van der Waals surface area contributed by atoms with Crippen LogP contribution in [0.3, 0.4) is 0 Å². The van der Waals surface area contributed by atoms with E-state index in [0.29, 0.717) is 49.1 Å². The van der Waals surface area contributed by atoms with Gasteiger partial charge in [0.1, 0.15) is 11.6 Å². The third-order valence-corrected chi connectivity index (χ3v) is 5.40. The Morgan fingerprint density at radius 2 is 2.00 bits per heavy atom. The Morgan fingerprint density at radius 1 is 1.22 bits per heavy atom. The van der Waals surface area contributed by atoms with Gasteiger partial charge in [0.25, 0.3) is 11.5 Å². The number of rotatable bonds is 4. The van der Waals surface area contributed by atoms with Gasteiger partial charge in [-0.15, -0.1) is 0 Å². The molecular weight excluding hydrogens is 348 g/mol.